The van der Waals surface area contributed by atoms with E-state index in [1.165, 1.54) is 6.92 Å². The van der Waals surface area contributed by atoms with Gasteiger partial charge in [-0.05, 0) is 29.8 Å². The van der Waals surface area contributed by atoms with Crippen LogP contribution in [0.4, 0.5) is 5.69 Å². The normalized spacial score (nSPS) is 11.6. The summed E-state index contributed by atoms with van der Waals surface area (Å²) in [6.45, 7) is 1.51. The van der Waals surface area contributed by atoms with E-state index in [4.69, 9.17) is 4.74 Å². The fourth-order valence-electron chi connectivity index (χ4n) is 2.80. The van der Waals surface area contributed by atoms with Crippen molar-refractivity contribution in [2.24, 2.45) is 0 Å². The number of rotatable bonds is 7. The Balaban J connectivity index is 1.50. The van der Waals surface area contributed by atoms with Gasteiger partial charge in [-0.25, -0.2) is 0 Å². The first kappa shape index (κ1) is 19.3. The Bertz CT molecular complexity index is 998. The first-order valence-electron chi connectivity index (χ1n) is 9.10. The van der Waals surface area contributed by atoms with Gasteiger partial charge < -0.3 is 10.1 Å². The van der Waals surface area contributed by atoms with Crippen molar-refractivity contribution in [3.8, 4) is 0 Å². The molecular formula is C23H21NO4. The average molecular weight is 375 g/mol. The number of benzene rings is 3. The van der Waals surface area contributed by atoms with E-state index in [-0.39, 0.29) is 18.6 Å². The van der Waals surface area contributed by atoms with Crippen molar-refractivity contribution in [3.05, 3.63) is 78.4 Å². The van der Waals surface area contributed by atoms with Crippen LogP contribution in [0.3, 0.4) is 0 Å². The number of anilines is 1. The smallest absolute Gasteiger partial charge is 0.307 e. The summed E-state index contributed by atoms with van der Waals surface area (Å²) in [4.78, 5) is 36.3. The van der Waals surface area contributed by atoms with Crippen LogP contribution in [0.25, 0.3) is 10.8 Å². The van der Waals surface area contributed by atoms with E-state index in [0.717, 1.165) is 10.8 Å². The van der Waals surface area contributed by atoms with Crippen molar-refractivity contribution in [2.75, 3.05) is 5.32 Å². The van der Waals surface area contributed by atoms with Crippen molar-refractivity contribution in [3.63, 3.8) is 0 Å². The number of amides is 1. The van der Waals surface area contributed by atoms with Gasteiger partial charge in [-0.1, -0.05) is 60.7 Å². The number of carbonyl (C=O) groups is 3. The molecule has 3 aromatic rings. The first-order chi connectivity index (χ1) is 13.5. The lowest BCUT2D eigenvalue weighted by Crippen LogP contribution is -2.30. The summed E-state index contributed by atoms with van der Waals surface area (Å²) in [6, 6.07) is 22.2. The van der Waals surface area contributed by atoms with Crippen LogP contribution >= 0.6 is 0 Å². The van der Waals surface area contributed by atoms with E-state index in [2.05, 4.69) is 5.32 Å². The van der Waals surface area contributed by atoms with Crippen LogP contribution in [-0.2, 0) is 14.3 Å². The van der Waals surface area contributed by atoms with Crippen molar-refractivity contribution in [1.82, 2.24) is 0 Å². The predicted molar refractivity (Wildman–Crippen MR) is 108 cm³/mol. The van der Waals surface area contributed by atoms with E-state index < -0.39 is 18.0 Å². The maximum atomic E-state index is 12.3. The second kappa shape index (κ2) is 8.95. The van der Waals surface area contributed by atoms with Gasteiger partial charge >= 0.3 is 5.97 Å². The Kier molecular flexibility index (Phi) is 6.17. The van der Waals surface area contributed by atoms with Gasteiger partial charge in [0, 0.05) is 17.7 Å². The fourth-order valence-corrected chi connectivity index (χ4v) is 2.80. The molecule has 0 aliphatic heterocycles. The number of hydrogen-bond acceptors (Lipinski definition) is 4. The summed E-state index contributed by atoms with van der Waals surface area (Å²) >= 11 is 0. The van der Waals surface area contributed by atoms with Gasteiger partial charge in [0.2, 0.25) is 0 Å². The van der Waals surface area contributed by atoms with Gasteiger partial charge in [-0.15, -0.1) is 0 Å². The number of Topliss-reactive ketones (excluding diaryl/α,β-unsaturated/α-hetero) is 1. The lowest BCUT2D eigenvalue weighted by atomic mass is 10.1. The minimum atomic E-state index is -0.953. The Hall–Kier alpha value is -3.47. The molecule has 0 aliphatic carbocycles. The highest BCUT2D eigenvalue weighted by Gasteiger charge is 2.19. The van der Waals surface area contributed by atoms with Crippen molar-refractivity contribution >= 4 is 34.1 Å². The number of carbonyl (C=O) groups excluding carboxylic acids is 3. The molecule has 3 rings (SSSR count). The zero-order valence-electron chi connectivity index (χ0n) is 15.6. The molecule has 1 amide bonds. The molecule has 0 bridgehead atoms. The summed E-state index contributed by atoms with van der Waals surface area (Å²) in [6.07, 6.45) is -0.978. The van der Waals surface area contributed by atoms with Crippen LogP contribution in [0.15, 0.2) is 72.8 Å². The van der Waals surface area contributed by atoms with E-state index in [1.807, 2.05) is 42.5 Å². The molecule has 3 aromatic carbocycles. The van der Waals surface area contributed by atoms with E-state index in [9.17, 15) is 14.4 Å². The lowest BCUT2D eigenvalue weighted by molar-refractivity contribution is -0.153. The molecule has 28 heavy (non-hydrogen) atoms. The highest BCUT2D eigenvalue weighted by Crippen LogP contribution is 2.19. The van der Waals surface area contributed by atoms with Crippen LogP contribution < -0.4 is 5.32 Å². The fraction of sp³-hybridized carbons (Fsp3) is 0.174. The third-order valence-electron chi connectivity index (χ3n) is 4.35. The number of hydrogen-bond donors (Lipinski definition) is 1. The van der Waals surface area contributed by atoms with E-state index in [1.54, 1.807) is 30.3 Å². The van der Waals surface area contributed by atoms with Gasteiger partial charge in [0.15, 0.2) is 11.9 Å². The number of ketones is 1. The second-order valence-electron chi connectivity index (χ2n) is 6.47. The number of esters is 1. The number of ether oxygens (including phenoxy) is 1. The van der Waals surface area contributed by atoms with Crippen molar-refractivity contribution < 1.29 is 19.1 Å². The van der Waals surface area contributed by atoms with Crippen LogP contribution in [0.1, 0.15) is 30.1 Å². The molecular weight excluding hydrogens is 354 g/mol. The van der Waals surface area contributed by atoms with Crippen LogP contribution in [-0.4, -0.2) is 23.8 Å². The van der Waals surface area contributed by atoms with Gasteiger partial charge in [0.05, 0.1) is 6.42 Å². The Labute approximate surface area is 163 Å². The zero-order valence-corrected chi connectivity index (χ0v) is 15.6. The highest BCUT2D eigenvalue weighted by molar-refractivity contribution is 5.99. The first-order valence-corrected chi connectivity index (χ1v) is 9.10. The molecule has 142 valence electrons. The SMILES string of the molecule is C[C@@H](OC(=O)CCC(=O)c1ccccc1)C(=O)Nc1ccc2ccccc2c1. The maximum absolute atomic E-state index is 12.3. The minimum absolute atomic E-state index is 0.0435. The zero-order chi connectivity index (χ0) is 19.9. The van der Waals surface area contributed by atoms with Gasteiger partial charge in [0.25, 0.3) is 5.91 Å². The van der Waals surface area contributed by atoms with Crippen molar-refractivity contribution in [2.45, 2.75) is 25.9 Å². The molecule has 0 unspecified atom stereocenters. The van der Waals surface area contributed by atoms with Crippen molar-refractivity contribution in [1.29, 1.82) is 0 Å². The third-order valence-corrected chi connectivity index (χ3v) is 4.35. The number of nitrogens with one attached hydrogen (secondary N) is 1. The molecule has 5 heteroatoms. The predicted octanol–water partition coefficient (Wildman–Crippen LogP) is 4.37. The summed E-state index contributed by atoms with van der Waals surface area (Å²) in [5.74, 6) is -1.13. The maximum Gasteiger partial charge on any atom is 0.307 e. The molecule has 0 aromatic heterocycles. The Morgan fingerprint density at radius 2 is 1.54 bits per heavy atom. The monoisotopic (exact) mass is 375 g/mol. The molecule has 0 saturated carbocycles. The average Bonchev–Trinajstić information content (AvgIpc) is 2.72. The van der Waals surface area contributed by atoms with E-state index >= 15 is 0 Å². The molecule has 0 saturated heterocycles. The summed E-state index contributed by atoms with van der Waals surface area (Å²) in [5, 5.41) is 4.82. The quantitative estimate of drug-likeness (QED) is 0.491. The third kappa shape index (κ3) is 5.04. The molecule has 5 nitrogen and oxygen atoms in total. The molecule has 0 heterocycles. The largest absolute Gasteiger partial charge is 0.453 e. The molecule has 1 N–H and O–H groups in total. The Morgan fingerprint density at radius 1 is 0.857 bits per heavy atom. The molecule has 0 fully saturated rings. The van der Waals surface area contributed by atoms with Gasteiger partial charge in [-0.3, -0.25) is 14.4 Å². The topological polar surface area (TPSA) is 72.5 Å². The number of fused-ring (bicyclic) bond motifs is 1. The standard InChI is InChI=1S/C23H21NO4/c1-16(28-22(26)14-13-21(25)18-8-3-2-4-9-18)23(27)24-20-12-11-17-7-5-6-10-19(17)15-20/h2-12,15-16H,13-14H2,1H3,(H,24,27)/t16-/m1/s1. The lowest BCUT2D eigenvalue weighted by Gasteiger charge is -2.14. The highest BCUT2D eigenvalue weighted by atomic mass is 16.5. The molecule has 0 aliphatic rings. The summed E-state index contributed by atoms with van der Waals surface area (Å²) < 4.78 is 5.15. The molecule has 0 radical (unpaired) electrons. The van der Waals surface area contributed by atoms with Crippen LogP contribution in [0, 0.1) is 0 Å². The van der Waals surface area contributed by atoms with Gasteiger partial charge in [0.1, 0.15) is 0 Å². The molecule has 0 spiro atoms. The van der Waals surface area contributed by atoms with Gasteiger partial charge in [-0.2, -0.15) is 0 Å². The summed E-state index contributed by atoms with van der Waals surface area (Å²) in [5.41, 5.74) is 1.18. The molecule has 1 atom stereocenters. The van der Waals surface area contributed by atoms with E-state index in [0.29, 0.717) is 11.3 Å². The second-order valence-corrected chi connectivity index (χ2v) is 6.47. The minimum Gasteiger partial charge on any atom is -0.453 e. The van der Waals surface area contributed by atoms with Crippen LogP contribution in [0.2, 0.25) is 0 Å². The Morgan fingerprint density at radius 3 is 2.29 bits per heavy atom. The van der Waals surface area contributed by atoms with Crippen LogP contribution in [0.5, 0.6) is 0 Å². The summed E-state index contributed by atoms with van der Waals surface area (Å²) in [7, 11) is 0.